The van der Waals surface area contributed by atoms with Gasteiger partial charge < -0.3 is 0 Å². The molecule has 1 N–H and O–H groups in total. The van der Waals surface area contributed by atoms with Crippen LogP contribution >= 0.6 is 11.6 Å². The van der Waals surface area contributed by atoms with Crippen LogP contribution in [0.1, 0.15) is 38.2 Å². The lowest BCUT2D eigenvalue weighted by Gasteiger charge is -2.00. The Kier molecular flexibility index (Phi) is 5.88. The highest BCUT2D eigenvalue weighted by molar-refractivity contribution is 6.30. The number of H-pyrrole nitrogens is 1. The van der Waals surface area contributed by atoms with Crippen molar-refractivity contribution in [1.82, 2.24) is 19.2 Å². The normalized spacial score (nSPS) is 11.9. The lowest BCUT2D eigenvalue weighted by molar-refractivity contribution is -0.357. The van der Waals surface area contributed by atoms with Crippen LogP contribution in [0.25, 0.3) is 33.2 Å². The van der Waals surface area contributed by atoms with Crippen LogP contribution in [0.2, 0.25) is 5.02 Å². The summed E-state index contributed by atoms with van der Waals surface area (Å²) >= 11 is 6.00. The van der Waals surface area contributed by atoms with Crippen molar-refractivity contribution in [1.29, 1.82) is 0 Å². The average Bonchev–Trinajstić information content (AvgIpc) is 3.14. The first-order chi connectivity index (χ1) is 16.2. The van der Waals surface area contributed by atoms with Gasteiger partial charge in [-0.2, -0.15) is 0 Å². The number of aryl methyl sites for hydroxylation is 1. The molecule has 0 aliphatic carbocycles. The number of nitrogens with one attached hydrogen (secondary N) is 1. The molecule has 0 saturated heterocycles. The largest absolute Gasteiger partial charge is 0.322 e. The molecule has 0 amide bonds. The molecule has 8 heteroatoms. The molecule has 7 nitrogen and oxygen atoms in total. The maximum atomic E-state index is 13.5. The number of benzene rings is 2. The van der Waals surface area contributed by atoms with Crippen molar-refractivity contribution in [2.45, 2.75) is 39.2 Å². The monoisotopic (exact) mass is 459 g/mol. The van der Waals surface area contributed by atoms with Gasteiger partial charge in [-0.15, -0.1) is 9.78 Å². The van der Waals surface area contributed by atoms with Crippen LogP contribution in [0.3, 0.4) is 0 Å². The molecule has 0 saturated carbocycles. The van der Waals surface area contributed by atoms with E-state index in [1.165, 1.54) is 0 Å². The lowest BCUT2D eigenvalue weighted by atomic mass is 10.2. The summed E-state index contributed by atoms with van der Waals surface area (Å²) in [5.41, 5.74) is 3.93. The van der Waals surface area contributed by atoms with Gasteiger partial charge in [0, 0.05) is 5.02 Å². The first kappa shape index (κ1) is 21.3. The predicted molar refractivity (Wildman–Crippen MR) is 132 cm³/mol. The van der Waals surface area contributed by atoms with Crippen molar-refractivity contribution in [3.8, 4) is 0 Å². The molecule has 0 atom stereocenters. The van der Waals surface area contributed by atoms with Crippen LogP contribution in [0.15, 0.2) is 64.8 Å². The fraction of sp³-hybridized carbons (Fsp3) is 0.240. The molecule has 5 rings (SSSR count). The molecular formula is C25H24ClN6O+. The Labute approximate surface area is 195 Å². The minimum atomic E-state index is -0.0877. The Bertz CT molecular complexity index is 1530. The van der Waals surface area contributed by atoms with E-state index < -0.39 is 0 Å². The van der Waals surface area contributed by atoms with Gasteiger partial charge in [-0.1, -0.05) is 62.1 Å². The number of nitrogens with zero attached hydrogens (tertiary/aromatic N) is 5. The van der Waals surface area contributed by atoms with Crippen molar-refractivity contribution in [3.05, 3.63) is 75.8 Å². The zero-order chi connectivity index (χ0) is 22.8. The maximum Gasteiger partial charge on any atom is 0.322 e. The summed E-state index contributed by atoms with van der Waals surface area (Å²) in [6.07, 6.45) is 7.81. The van der Waals surface area contributed by atoms with E-state index in [9.17, 15) is 4.79 Å². The number of halogens is 1. The second kappa shape index (κ2) is 9.11. The van der Waals surface area contributed by atoms with Gasteiger partial charge in [-0.25, -0.2) is 24.3 Å². The number of fused-ring (bicyclic) bond motifs is 4. The van der Waals surface area contributed by atoms with Crippen molar-refractivity contribution < 1.29 is 4.98 Å². The minimum absolute atomic E-state index is 0.0877. The first-order valence-corrected chi connectivity index (χ1v) is 11.6. The van der Waals surface area contributed by atoms with Gasteiger partial charge in [0.25, 0.3) is 5.65 Å². The lowest BCUT2D eigenvalue weighted by Crippen LogP contribution is -2.26. The predicted octanol–water partition coefficient (Wildman–Crippen LogP) is 4.83. The topological polar surface area (TPSA) is 79.2 Å². The quantitative estimate of drug-likeness (QED) is 0.258. The van der Waals surface area contributed by atoms with Gasteiger partial charge in [-0.05, 0) is 36.2 Å². The number of hydrogen-bond donors (Lipinski definition) is 0. The summed E-state index contributed by atoms with van der Waals surface area (Å²) in [7, 11) is 0. The van der Waals surface area contributed by atoms with E-state index in [1.807, 2.05) is 48.5 Å². The van der Waals surface area contributed by atoms with E-state index >= 15 is 0 Å². The first-order valence-electron chi connectivity index (χ1n) is 11.2. The van der Waals surface area contributed by atoms with Crippen LogP contribution in [-0.2, 0) is 6.54 Å². The minimum Gasteiger partial charge on any atom is -0.250 e. The fourth-order valence-electron chi connectivity index (χ4n) is 3.97. The van der Waals surface area contributed by atoms with E-state index in [0.29, 0.717) is 33.8 Å². The molecule has 3 heterocycles. The van der Waals surface area contributed by atoms with E-state index in [0.717, 1.165) is 42.3 Å². The number of para-hydroxylation sites is 2. The molecule has 3 aromatic heterocycles. The zero-order valence-corrected chi connectivity index (χ0v) is 19.1. The third-order valence-corrected chi connectivity index (χ3v) is 5.97. The Morgan fingerprint density at radius 1 is 1.03 bits per heavy atom. The Hall–Kier alpha value is -3.58. The summed E-state index contributed by atoms with van der Waals surface area (Å²) in [6, 6.07) is 15.0. The van der Waals surface area contributed by atoms with Crippen molar-refractivity contribution >= 4 is 51.0 Å². The van der Waals surface area contributed by atoms with E-state index in [1.54, 1.807) is 21.8 Å². The summed E-state index contributed by atoms with van der Waals surface area (Å²) in [5.74, 6) is 0. The van der Waals surface area contributed by atoms with Crippen molar-refractivity contribution in [3.63, 3.8) is 0 Å². The molecule has 33 heavy (non-hydrogen) atoms. The third-order valence-electron chi connectivity index (χ3n) is 5.71. The van der Waals surface area contributed by atoms with Gasteiger partial charge in [0.05, 0.1) is 23.8 Å². The second-order valence-electron chi connectivity index (χ2n) is 8.05. The van der Waals surface area contributed by atoms with Crippen LogP contribution < -0.4 is 10.5 Å². The highest BCUT2D eigenvalue weighted by Gasteiger charge is 2.24. The molecule has 0 aliphatic rings. The zero-order valence-electron chi connectivity index (χ0n) is 18.3. The molecule has 0 aliphatic heterocycles. The van der Waals surface area contributed by atoms with Crippen molar-refractivity contribution in [2.75, 3.05) is 0 Å². The van der Waals surface area contributed by atoms with Crippen molar-refractivity contribution in [2.24, 2.45) is 5.10 Å². The summed E-state index contributed by atoms with van der Waals surface area (Å²) in [6.45, 7) is 2.83. The Morgan fingerprint density at radius 2 is 1.79 bits per heavy atom. The summed E-state index contributed by atoms with van der Waals surface area (Å²) in [5, 5.41) is 5.81. The van der Waals surface area contributed by atoms with E-state index in [2.05, 4.69) is 17.0 Å². The highest BCUT2D eigenvalue weighted by atomic mass is 35.5. The Morgan fingerprint density at radius 3 is 2.55 bits per heavy atom. The van der Waals surface area contributed by atoms with Crippen LogP contribution in [0, 0.1) is 0 Å². The van der Waals surface area contributed by atoms with Gasteiger partial charge in [0.15, 0.2) is 11.7 Å². The standard InChI is InChI=1S/C25H23ClN6O/c1-2-3-4-7-14-31-16-27-23-21(25(31)33)22-24(30-20-9-6-5-8-19(20)29-22)32(23)28-15-17-10-12-18(26)13-11-17/h5-6,8-13,15-16H,2-4,7,14H2,1H3/p+1/b28-15+. The maximum absolute atomic E-state index is 13.5. The SMILES string of the molecule is CCCCCCn1c[nH+]c2c(c1=O)c1nc3ccccc3nc1n2/N=C/c1ccc(Cl)cc1. The van der Waals surface area contributed by atoms with Crippen LogP contribution in [0.4, 0.5) is 0 Å². The van der Waals surface area contributed by atoms with Crippen LogP contribution in [0.5, 0.6) is 0 Å². The molecule has 0 fully saturated rings. The summed E-state index contributed by atoms with van der Waals surface area (Å²) < 4.78 is 3.38. The van der Waals surface area contributed by atoms with Crippen LogP contribution in [-0.4, -0.2) is 25.4 Å². The molecule has 5 aromatic rings. The molecule has 0 spiro atoms. The Balaban J connectivity index is 1.70. The number of unbranched alkanes of at least 4 members (excludes halogenated alkanes) is 3. The van der Waals surface area contributed by atoms with E-state index in [-0.39, 0.29) is 5.56 Å². The highest BCUT2D eigenvalue weighted by Crippen LogP contribution is 2.24. The number of hydrogen-bond acceptors (Lipinski definition) is 4. The number of aromatic amines is 1. The van der Waals surface area contributed by atoms with Gasteiger partial charge in [-0.3, -0.25) is 0 Å². The molecule has 166 valence electrons. The van der Waals surface area contributed by atoms with Gasteiger partial charge in [0.1, 0.15) is 5.52 Å². The smallest absolute Gasteiger partial charge is 0.250 e. The molecule has 0 radical (unpaired) electrons. The van der Waals surface area contributed by atoms with Gasteiger partial charge >= 0.3 is 5.56 Å². The molecule has 0 bridgehead atoms. The second-order valence-corrected chi connectivity index (χ2v) is 8.49. The number of rotatable bonds is 7. The number of aromatic nitrogens is 5. The fourth-order valence-corrected chi connectivity index (χ4v) is 4.09. The molecule has 0 unspecified atom stereocenters. The van der Waals surface area contributed by atoms with E-state index in [4.69, 9.17) is 21.6 Å². The molecule has 2 aromatic carbocycles. The molecular weight excluding hydrogens is 436 g/mol. The van der Waals surface area contributed by atoms with Gasteiger partial charge in [0.2, 0.25) is 5.65 Å². The third kappa shape index (κ3) is 4.12. The average molecular weight is 460 g/mol. The summed E-state index contributed by atoms with van der Waals surface area (Å²) in [4.78, 5) is 26.3.